The van der Waals surface area contributed by atoms with Crippen molar-refractivity contribution in [2.24, 2.45) is 23.7 Å². The molecule has 1 aromatic rings. The number of amides is 2. The fourth-order valence-corrected chi connectivity index (χ4v) is 4.69. The van der Waals surface area contributed by atoms with E-state index in [1.165, 1.54) is 11.3 Å². The number of aryl methyl sites for hydroxylation is 1. The number of hydrogen-bond acceptors (Lipinski definition) is 5. The molecule has 4 atom stereocenters. The van der Waals surface area contributed by atoms with Crippen molar-refractivity contribution in [3.63, 3.8) is 0 Å². The van der Waals surface area contributed by atoms with Crippen molar-refractivity contribution in [1.82, 2.24) is 10.9 Å². The van der Waals surface area contributed by atoms with Crippen LogP contribution in [-0.2, 0) is 9.59 Å². The quantitative estimate of drug-likeness (QED) is 0.779. The summed E-state index contributed by atoms with van der Waals surface area (Å²) in [6.45, 7) is 1.81. The Morgan fingerprint density at radius 2 is 1.86 bits per heavy atom. The van der Waals surface area contributed by atoms with Gasteiger partial charge in [0.1, 0.15) is 0 Å². The second kappa shape index (κ2) is 5.72. The van der Waals surface area contributed by atoms with Crippen molar-refractivity contribution in [2.45, 2.75) is 26.2 Å². The van der Waals surface area contributed by atoms with Crippen LogP contribution in [0.3, 0.4) is 0 Å². The van der Waals surface area contributed by atoms with Crippen LogP contribution in [0.1, 0.15) is 34.5 Å². The molecule has 2 saturated carbocycles. The fraction of sp³-hybridized carbons (Fsp3) is 0.533. The van der Waals surface area contributed by atoms with Crippen molar-refractivity contribution >= 4 is 29.1 Å². The molecule has 7 heteroatoms. The highest BCUT2D eigenvalue weighted by atomic mass is 32.1. The van der Waals surface area contributed by atoms with Crippen molar-refractivity contribution in [3.05, 3.63) is 21.9 Å². The predicted octanol–water partition coefficient (Wildman–Crippen LogP) is 0.230. The smallest absolute Gasteiger partial charge is 0.280 e. The number of carbonyl (C=O) groups excluding carboxylic acids is 3. The fourth-order valence-electron chi connectivity index (χ4n) is 3.87. The molecule has 1 aromatic heterocycles. The van der Waals surface area contributed by atoms with Crippen LogP contribution in [0.2, 0.25) is 0 Å². The third-order valence-corrected chi connectivity index (χ3v) is 5.87. The van der Waals surface area contributed by atoms with Gasteiger partial charge in [0.05, 0.1) is 10.8 Å². The molecule has 0 saturated heterocycles. The summed E-state index contributed by atoms with van der Waals surface area (Å²) in [4.78, 5) is 36.1. The Morgan fingerprint density at radius 3 is 2.45 bits per heavy atom. The number of hydrazine groups is 1. The van der Waals surface area contributed by atoms with Crippen LogP contribution in [0, 0.1) is 30.6 Å². The zero-order valence-corrected chi connectivity index (χ0v) is 12.9. The second-order valence-corrected chi connectivity index (χ2v) is 7.00. The molecule has 2 bridgehead atoms. The molecule has 22 heavy (non-hydrogen) atoms. The van der Waals surface area contributed by atoms with Crippen LogP contribution in [0.4, 0.5) is 0 Å². The highest BCUT2D eigenvalue weighted by Crippen LogP contribution is 2.52. The number of thiophene rings is 1. The molecule has 0 unspecified atom stereocenters. The van der Waals surface area contributed by atoms with Gasteiger partial charge in [-0.1, -0.05) is 0 Å². The summed E-state index contributed by atoms with van der Waals surface area (Å²) in [5.74, 6) is -3.20. The van der Waals surface area contributed by atoms with Gasteiger partial charge in [-0.05, 0) is 55.0 Å². The first-order valence-corrected chi connectivity index (χ1v) is 8.22. The zero-order valence-electron chi connectivity index (χ0n) is 12.1. The molecular weight excluding hydrogens is 304 g/mol. The van der Waals surface area contributed by atoms with E-state index < -0.39 is 23.7 Å². The lowest BCUT2D eigenvalue weighted by molar-refractivity contribution is -0.314. The van der Waals surface area contributed by atoms with Gasteiger partial charge in [0.25, 0.3) is 5.91 Å². The number of carboxylic acid groups (broad SMARTS) is 1. The van der Waals surface area contributed by atoms with Crippen molar-refractivity contribution < 1.29 is 19.5 Å². The van der Waals surface area contributed by atoms with Gasteiger partial charge in [-0.3, -0.25) is 20.4 Å². The Kier molecular flexibility index (Phi) is 3.90. The van der Waals surface area contributed by atoms with Gasteiger partial charge >= 0.3 is 0 Å². The maximum absolute atomic E-state index is 12.3. The first-order valence-electron chi connectivity index (χ1n) is 7.34. The molecule has 2 aliphatic rings. The van der Waals surface area contributed by atoms with Gasteiger partial charge in [-0.2, -0.15) is 0 Å². The number of aliphatic carboxylic acids is 1. The van der Waals surface area contributed by atoms with E-state index in [2.05, 4.69) is 10.9 Å². The maximum atomic E-state index is 12.3. The minimum absolute atomic E-state index is 0.0287. The second-order valence-electron chi connectivity index (χ2n) is 6.08. The van der Waals surface area contributed by atoms with E-state index in [1.54, 1.807) is 5.38 Å². The van der Waals surface area contributed by atoms with Crippen LogP contribution in [-0.4, -0.2) is 17.8 Å². The first kappa shape index (κ1) is 15.0. The van der Waals surface area contributed by atoms with E-state index >= 15 is 0 Å². The summed E-state index contributed by atoms with van der Waals surface area (Å²) in [5.41, 5.74) is 5.60. The number of carbonyl (C=O) groups is 3. The lowest BCUT2D eigenvalue weighted by Crippen LogP contribution is -2.50. The molecule has 2 aliphatic carbocycles. The highest BCUT2D eigenvalue weighted by Gasteiger charge is 2.51. The Balaban J connectivity index is 1.63. The van der Waals surface area contributed by atoms with Crippen LogP contribution in [0.15, 0.2) is 11.4 Å². The van der Waals surface area contributed by atoms with E-state index in [9.17, 15) is 19.5 Å². The predicted molar refractivity (Wildman–Crippen MR) is 77.5 cm³/mol. The van der Waals surface area contributed by atoms with Gasteiger partial charge < -0.3 is 9.90 Å². The average molecular weight is 321 g/mol. The third kappa shape index (κ3) is 2.49. The standard InChI is InChI=1S/C15H18N2O4S/c1-7-4-5-22-12(7)14(19)17-16-13(18)10-8-2-3-9(6-8)11(10)15(20)21/h4-5,8-11H,2-3,6H2,1H3,(H,16,18)(H,17,19)(H,20,21)/p-1/t8-,9-,10+,11-/m0/s1. The Hall–Kier alpha value is -1.89. The number of carboxylic acids is 1. The SMILES string of the molecule is Cc1ccsc1C(=O)NNC(=O)[C@@H]1[C@H]2CC[C@@H](C2)[C@@H]1C(=O)[O-]. The molecule has 2 N–H and O–H groups in total. The zero-order chi connectivity index (χ0) is 15.9. The topological polar surface area (TPSA) is 98.3 Å². The number of hydrogen-bond donors (Lipinski definition) is 2. The van der Waals surface area contributed by atoms with Crippen molar-refractivity contribution in [3.8, 4) is 0 Å². The Bertz CT molecular complexity index is 627. The normalized spacial score (nSPS) is 29.3. The monoisotopic (exact) mass is 321 g/mol. The van der Waals surface area contributed by atoms with Gasteiger partial charge in [-0.25, -0.2) is 0 Å². The molecule has 1 heterocycles. The Labute approximate surface area is 131 Å². The van der Waals surface area contributed by atoms with E-state index in [1.807, 2.05) is 13.0 Å². The third-order valence-electron chi connectivity index (χ3n) is 4.86. The van der Waals surface area contributed by atoms with Crippen LogP contribution in [0.5, 0.6) is 0 Å². The minimum atomic E-state index is -1.16. The van der Waals surface area contributed by atoms with Gasteiger partial charge in [0, 0.05) is 11.9 Å². The molecule has 6 nitrogen and oxygen atoms in total. The molecule has 0 aromatic carbocycles. The summed E-state index contributed by atoms with van der Waals surface area (Å²) < 4.78 is 0. The van der Waals surface area contributed by atoms with E-state index in [4.69, 9.17) is 0 Å². The summed E-state index contributed by atoms with van der Waals surface area (Å²) in [5, 5.41) is 13.1. The lowest BCUT2D eigenvalue weighted by atomic mass is 9.79. The molecule has 0 spiro atoms. The van der Waals surface area contributed by atoms with Crippen molar-refractivity contribution in [2.75, 3.05) is 0 Å². The minimum Gasteiger partial charge on any atom is -0.550 e. The average Bonchev–Trinajstić information content (AvgIpc) is 3.18. The lowest BCUT2D eigenvalue weighted by Gasteiger charge is -2.30. The van der Waals surface area contributed by atoms with Crippen LogP contribution < -0.4 is 16.0 Å². The Morgan fingerprint density at radius 1 is 1.18 bits per heavy atom. The summed E-state index contributed by atoms with van der Waals surface area (Å²) in [7, 11) is 0. The number of nitrogens with one attached hydrogen (secondary N) is 2. The summed E-state index contributed by atoms with van der Waals surface area (Å²) in [6, 6.07) is 1.82. The number of rotatable bonds is 3. The van der Waals surface area contributed by atoms with Crippen molar-refractivity contribution in [1.29, 1.82) is 0 Å². The summed E-state index contributed by atoms with van der Waals surface area (Å²) >= 11 is 1.29. The largest absolute Gasteiger partial charge is 0.550 e. The van der Waals surface area contributed by atoms with Crippen LogP contribution in [0.25, 0.3) is 0 Å². The molecule has 0 aliphatic heterocycles. The summed E-state index contributed by atoms with van der Waals surface area (Å²) in [6.07, 6.45) is 2.47. The maximum Gasteiger partial charge on any atom is 0.280 e. The highest BCUT2D eigenvalue weighted by molar-refractivity contribution is 7.12. The molecular formula is C15H17N2O4S-. The van der Waals surface area contributed by atoms with Gasteiger partial charge in [-0.15, -0.1) is 11.3 Å². The van der Waals surface area contributed by atoms with Gasteiger partial charge in [0.15, 0.2) is 0 Å². The number of fused-ring (bicyclic) bond motifs is 2. The molecule has 118 valence electrons. The van der Waals surface area contributed by atoms with E-state index in [0.717, 1.165) is 24.8 Å². The molecule has 3 rings (SSSR count). The van der Waals surface area contributed by atoms with Crippen LogP contribution >= 0.6 is 11.3 Å². The molecule has 0 radical (unpaired) electrons. The van der Waals surface area contributed by atoms with Gasteiger partial charge in [0.2, 0.25) is 5.91 Å². The first-order chi connectivity index (χ1) is 10.5. The van der Waals surface area contributed by atoms with E-state index in [-0.39, 0.29) is 17.7 Å². The molecule has 2 amide bonds. The molecule has 2 fully saturated rings. The van der Waals surface area contributed by atoms with E-state index in [0.29, 0.717) is 4.88 Å².